The molecule has 0 radical (unpaired) electrons. The van der Waals surface area contributed by atoms with Gasteiger partial charge in [-0.05, 0) is 59.4 Å². The Kier molecular flexibility index (Phi) is 6.17. The number of benzene rings is 4. The maximum Gasteiger partial charge on any atom is 0.163 e. The third-order valence-electron chi connectivity index (χ3n) is 8.01. The van der Waals surface area contributed by atoms with Crippen molar-refractivity contribution in [2.24, 2.45) is 4.99 Å². The van der Waals surface area contributed by atoms with Crippen LogP contribution in [0.25, 0.3) is 10.8 Å². The number of nitrogens with zero attached hydrogens (tertiary/aromatic N) is 2. The van der Waals surface area contributed by atoms with Crippen LogP contribution in [0.4, 0.5) is 0 Å². The van der Waals surface area contributed by atoms with Gasteiger partial charge in [0.15, 0.2) is 5.78 Å². The van der Waals surface area contributed by atoms with E-state index in [0.717, 1.165) is 54.0 Å². The summed E-state index contributed by atoms with van der Waals surface area (Å²) in [5.41, 5.74) is 4.37. The summed E-state index contributed by atoms with van der Waals surface area (Å²) in [7, 11) is 0. The molecule has 0 saturated heterocycles. The van der Waals surface area contributed by atoms with Gasteiger partial charge in [0.25, 0.3) is 0 Å². The highest BCUT2D eigenvalue weighted by Gasteiger charge is 2.45. The fourth-order valence-corrected chi connectivity index (χ4v) is 7.00. The molecule has 0 spiro atoms. The molecule has 1 heterocycles. The normalized spacial score (nSPS) is 20.3. The highest BCUT2D eigenvalue weighted by Crippen LogP contribution is 2.40. The van der Waals surface area contributed by atoms with Crippen molar-refractivity contribution in [3.05, 3.63) is 107 Å². The number of rotatable bonds is 8. The van der Waals surface area contributed by atoms with Crippen molar-refractivity contribution < 1.29 is 9.53 Å². The molecule has 4 aromatic carbocycles. The Bertz CT molecular complexity index is 1530. The van der Waals surface area contributed by atoms with Crippen molar-refractivity contribution in [2.75, 3.05) is 6.54 Å². The van der Waals surface area contributed by atoms with Crippen LogP contribution >= 0.6 is 11.8 Å². The molecule has 4 aromatic rings. The standard InChI is InChI=1S/C33H30N2O2S/c36-30-14-7-13-25-26(30)16-17-31(27(25)20-38-33-15-6-11-22-8-4-5-12-24(22)33)37-32(23-9-2-1-3-10-23)19-35-21-34-28-18-29(28)35/h1-6,8-12,15-17,21,28-29,32H,7,13-14,18-20H2/t28?,29?,32-/m1/s1. The van der Waals surface area contributed by atoms with Crippen LogP contribution in [0.15, 0.2) is 94.8 Å². The minimum Gasteiger partial charge on any atom is -0.484 e. The quantitative estimate of drug-likeness (QED) is 0.230. The third-order valence-corrected chi connectivity index (χ3v) is 9.11. The summed E-state index contributed by atoms with van der Waals surface area (Å²) in [6, 6.07) is 30.5. The van der Waals surface area contributed by atoms with Gasteiger partial charge in [0.1, 0.15) is 11.9 Å². The molecular formula is C33H30N2O2S. The monoisotopic (exact) mass is 518 g/mol. The van der Waals surface area contributed by atoms with Crippen molar-refractivity contribution >= 4 is 34.7 Å². The van der Waals surface area contributed by atoms with E-state index in [1.165, 1.54) is 21.2 Å². The highest BCUT2D eigenvalue weighted by molar-refractivity contribution is 7.98. The van der Waals surface area contributed by atoms with Gasteiger partial charge in [-0.15, -0.1) is 11.8 Å². The molecule has 190 valence electrons. The first-order valence-electron chi connectivity index (χ1n) is 13.5. The smallest absolute Gasteiger partial charge is 0.163 e. The molecule has 3 aliphatic rings. The molecule has 1 fully saturated rings. The zero-order chi connectivity index (χ0) is 25.5. The minimum atomic E-state index is -0.124. The van der Waals surface area contributed by atoms with Gasteiger partial charge in [-0.3, -0.25) is 9.79 Å². The Labute approximate surface area is 227 Å². The molecule has 0 bridgehead atoms. The SMILES string of the molecule is O=C1CCCc2c1ccc(O[C@H](CN1C=NC3CC31)c1ccccc1)c2CSc1cccc2ccccc12. The first kappa shape index (κ1) is 23.5. The largest absolute Gasteiger partial charge is 0.484 e. The molecule has 4 nitrogen and oxygen atoms in total. The third kappa shape index (κ3) is 4.49. The van der Waals surface area contributed by atoms with Crippen molar-refractivity contribution in [1.29, 1.82) is 0 Å². The maximum atomic E-state index is 12.8. The van der Waals surface area contributed by atoms with Gasteiger partial charge < -0.3 is 9.64 Å². The van der Waals surface area contributed by atoms with E-state index in [9.17, 15) is 4.79 Å². The summed E-state index contributed by atoms with van der Waals surface area (Å²) in [5, 5.41) is 2.51. The number of carbonyl (C=O) groups excluding carboxylic acids is 1. The zero-order valence-electron chi connectivity index (χ0n) is 21.3. The van der Waals surface area contributed by atoms with E-state index in [0.29, 0.717) is 18.5 Å². The lowest BCUT2D eigenvalue weighted by Gasteiger charge is -2.28. The van der Waals surface area contributed by atoms with Crippen molar-refractivity contribution in [3.8, 4) is 5.75 Å². The molecule has 0 amide bonds. The first-order chi connectivity index (χ1) is 18.7. The fourth-order valence-electron chi connectivity index (χ4n) is 5.87. The second kappa shape index (κ2) is 9.95. The summed E-state index contributed by atoms with van der Waals surface area (Å²) in [5.74, 6) is 1.90. The topological polar surface area (TPSA) is 41.9 Å². The van der Waals surface area contributed by atoms with E-state index in [2.05, 4.69) is 76.6 Å². The average Bonchev–Trinajstić information content (AvgIpc) is 3.64. The predicted molar refractivity (Wildman–Crippen MR) is 154 cm³/mol. The van der Waals surface area contributed by atoms with Crippen LogP contribution in [0.3, 0.4) is 0 Å². The van der Waals surface area contributed by atoms with Crippen LogP contribution in [-0.4, -0.2) is 35.7 Å². The van der Waals surface area contributed by atoms with Gasteiger partial charge in [0, 0.05) is 28.2 Å². The molecule has 0 aromatic heterocycles. The molecule has 3 atom stereocenters. The molecular weight excluding hydrogens is 488 g/mol. The van der Waals surface area contributed by atoms with E-state index in [1.54, 1.807) is 0 Å². The Morgan fingerprint density at radius 2 is 1.79 bits per heavy atom. The second-order valence-electron chi connectivity index (χ2n) is 10.5. The number of Topliss-reactive ketones (excluding diaryl/α,β-unsaturated/α-hetero) is 1. The summed E-state index contributed by atoms with van der Waals surface area (Å²) >= 11 is 1.83. The Morgan fingerprint density at radius 3 is 2.63 bits per heavy atom. The molecule has 5 heteroatoms. The average molecular weight is 519 g/mol. The lowest BCUT2D eigenvalue weighted by atomic mass is 9.87. The number of thioether (sulfide) groups is 1. The molecule has 0 N–H and O–H groups in total. The van der Waals surface area contributed by atoms with Gasteiger partial charge in [0.05, 0.1) is 25.0 Å². The fraction of sp³-hybridized carbons (Fsp3) is 0.273. The van der Waals surface area contributed by atoms with Gasteiger partial charge in [-0.2, -0.15) is 0 Å². The van der Waals surface area contributed by atoms with Crippen molar-refractivity contribution in [1.82, 2.24) is 4.90 Å². The van der Waals surface area contributed by atoms with Crippen LogP contribution in [0.2, 0.25) is 0 Å². The lowest BCUT2D eigenvalue weighted by Crippen LogP contribution is -2.30. The molecule has 2 aliphatic carbocycles. The molecule has 7 rings (SSSR count). The molecule has 1 saturated carbocycles. The van der Waals surface area contributed by atoms with Crippen molar-refractivity contribution in [2.45, 2.75) is 54.5 Å². The molecule has 2 unspecified atom stereocenters. The number of ketones is 1. The van der Waals surface area contributed by atoms with Crippen molar-refractivity contribution in [3.63, 3.8) is 0 Å². The van der Waals surface area contributed by atoms with E-state index in [-0.39, 0.29) is 11.9 Å². The van der Waals surface area contributed by atoms with E-state index in [4.69, 9.17) is 4.74 Å². The number of hydrogen-bond acceptors (Lipinski definition) is 5. The lowest BCUT2D eigenvalue weighted by molar-refractivity contribution is 0.0972. The highest BCUT2D eigenvalue weighted by atomic mass is 32.2. The van der Waals surface area contributed by atoms with Crippen LogP contribution in [0, 0.1) is 0 Å². The summed E-state index contributed by atoms with van der Waals surface area (Å²) in [6.45, 7) is 0.764. The van der Waals surface area contributed by atoms with Crippen LogP contribution < -0.4 is 4.74 Å². The predicted octanol–water partition coefficient (Wildman–Crippen LogP) is 7.26. The number of fused-ring (bicyclic) bond motifs is 3. The maximum absolute atomic E-state index is 12.8. The Hall–Kier alpha value is -3.57. The number of aliphatic imine (C=N–C) groups is 1. The van der Waals surface area contributed by atoms with E-state index in [1.807, 2.05) is 36.3 Å². The minimum absolute atomic E-state index is 0.124. The Balaban J connectivity index is 1.24. The summed E-state index contributed by atoms with van der Waals surface area (Å²) in [6.07, 6.45) is 5.47. The Morgan fingerprint density at radius 1 is 0.947 bits per heavy atom. The van der Waals surface area contributed by atoms with Gasteiger partial charge >= 0.3 is 0 Å². The second-order valence-corrected chi connectivity index (χ2v) is 11.5. The van der Waals surface area contributed by atoms with E-state index < -0.39 is 0 Å². The van der Waals surface area contributed by atoms with Gasteiger partial charge in [0.2, 0.25) is 0 Å². The van der Waals surface area contributed by atoms with Crippen LogP contribution in [0.1, 0.15) is 52.4 Å². The van der Waals surface area contributed by atoms with Gasteiger partial charge in [-0.1, -0.05) is 66.7 Å². The molecule has 38 heavy (non-hydrogen) atoms. The number of hydrogen-bond donors (Lipinski definition) is 0. The summed E-state index contributed by atoms with van der Waals surface area (Å²) in [4.78, 5) is 21.1. The van der Waals surface area contributed by atoms with Crippen LogP contribution in [-0.2, 0) is 12.2 Å². The molecule has 1 aliphatic heterocycles. The summed E-state index contributed by atoms with van der Waals surface area (Å²) < 4.78 is 6.91. The van der Waals surface area contributed by atoms with E-state index >= 15 is 0 Å². The number of carbonyl (C=O) groups is 1. The first-order valence-corrected chi connectivity index (χ1v) is 14.5. The number of ether oxygens (including phenoxy) is 1. The van der Waals surface area contributed by atoms with Gasteiger partial charge in [-0.25, -0.2) is 0 Å². The zero-order valence-corrected chi connectivity index (χ0v) is 22.1. The van der Waals surface area contributed by atoms with Crippen LogP contribution in [0.5, 0.6) is 5.75 Å².